The van der Waals surface area contributed by atoms with Gasteiger partial charge in [-0.15, -0.1) is 0 Å². The molecule has 1 rings (SSSR count). The van der Waals surface area contributed by atoms with Crippen LogP contribution in [0.4, 0.5) is 0 Å². The summed E-state index contributed by atoms with van der Waals surface area (Å²) < 4.78 is 0. The van der Waals surface area contributed by atoms with Gasteiger partial charge < -0.3 is 5.11 Å². The van der Waals surface area contributed by atoms with Crippen molar-refractivity contribution in [3.8, 4) is 0 Å². The molecule has 0 aromatic carbocycles. The topological polar surface area (TPSA) is 20.2 Å². The maximum Gasteiger partial charge on any atom is 0.0803 e. The molecule has 0 atom stereocenters. The van der Waals surface area contributed by atoms with E-state index in [2.05, 4.69) is 6.08 Å². The predicted molar refractivity (Wildman–Crippen MR) is 42.8 cm³/mol. The zero-order valence-electron chi connectivity index (χ0n) is 6.59. The van der Waals surface area contributed by atoms with E-state index in [-0.39, 0.29) is 0 Å². The van der Waals surface area contributed by atoms with Gasteiger partial charge in [0, 0.05) is 0 Å². The van der Waals surface area contributed by atoms with E-state index < -0.39 is 5.60 Å². The molecule has 56 valence electrons. The molecule has 1 N–H and O–H groups in total. The van der Waals surface area contributed by atoms with Crippen molar-refractivity contribution in [2.45, 2.75) is 32.3 Å². The highest BCUT2D eigenvalue weighted by molar-refractivity contribution is 5.23. The Hall–Kier alpha value is -0.560. The highest BCUT2D eigenvalue weighted by Gasteiger charge is 2.18. The van der Waals surface area contributed by atoms with E-state index in [9.17, 15) is 5.11 Å². The minimum absolute atomic E-state index is 0.620. The van der Waals surface area contributed by atoms with Crippen LogP contribution >= 0.6 is 0 Å². The molecule has 1 aliphatic rings. The molecular weight excluding hydrogens is 124 g/mol. The Morgan fingerprint density at radius 1 is 1.50 bits per heavy atom. The van der Waals surface area contributed by atoms with Gasteiger partial charge in [-0.05, 0) is 32.3 Å². The van der Waals surface area contributed by atoms with Gasteiger partial charge in [-0.3, -0.25) is 0 Å². The maximum atomic E-state index is 9.54. The minimum Gasteiger partial charge on any atom is -0.386 e. The number of hydrogen-bond acceptors (Lipinski definition) is 1. The van der Waals surface area contributed by atoms with Crippen LogP contribution in [0, 0.1) is 0 Å². The second-order valence-electron chi connectivity index (χ2n) is 3.22. The molecule has 1 aliphatic carbocycles. The van der Waals surface area contributed by atoms with Crippen LogP contribution in [0.15, 0.2) is 23.8 Å². The molecule has 0 amide bonds. The lowest BCUT2D eigenvalue weighted by atomic mass is 9.91. The standard InChI is InChI=1S/C9H14O/c1-9(2,10)8-6-4-3-5-7-8/h3-4,6,10H,5,7H2,1-2H3. The molecular formula is C9H14O. The van der Waals surface area contributed by atoms with Crippen LogP contribution in [0.2, 0.25) is 0 Å². The Labute approximate surface area is 62.1 Å². The molecule has 0 radical (unpaired) electrons. The molecule has 0 aromatic rings. The molecule has 0 saturated carbocycles. The Bertz CT molecular complexity index is 170. The fraction of sp³-hybridized carbons (Fsp3) is 0.556. The van der Waals surface area contributed by atoms with Crippen LogP contribution < -0.4 is 0 Å². The molecule has 0 aromatic heterocycles. The van der Waals surface area contributed by atoms with Crippen molar-refractivity contribution in [1.82, 2.24) is 0 Å². The Morgan fingerprint density at radius 2 is 2.20 bits per heavy atom. The molecule has 0 saturated heterocycles. The van der Waals surface area contributed by atoms with Crippen molar-refractivity contribution in [2.24, 2.45) is 0 Å². The van der Waals surface area contributed by atoms with Gasteiger partial charge in [-0.1, -0.05) is 18.2 Å². The van der Waals surface area contributed by atoms with E-state index in [1.165, 1.54) is 0 Å². The third kappa shape index (κ3) is 1.71. The molecule has 0 spiro atoms. The number of rotatable bonds is 1. The highest BCUT2D eigenvalue weighted by Crippen LogP contribution is 2.23. The van der Waals surface area contributed by atoms with Gasteiger partial charge in [0.2, 0.25) is 0 Å². The maximum absolute atomic E-state index is 9.54. The van der Waals surface area contributed by atoms with Gasteiger partial charge in [0.25, 0.3) is 0 Å². The molecule has 0 heterocycles. The largest absolute Gasteiger partial charge is 0.386 e. The molecule has 0 unspecified atom stereocenters. The van der Waals surface area contributed by atoms with E-state index in [1.54, 1.807) is 0 Å². The molecule has 0 aliphatic heterocycles. The van der Waals surface area contributed by atoms with Crippen LogP contribution in [-0.2, 0) is 0 Å². The van der Waals surface area contributed by atoms with E-state index in [4.69, 9.17) is 0 Å². The fourth-order valence-electron chi connectivity index (χ4n) is 1.11. The summed E-state index contributed by atoms with van der Waals surface area (Å²) in [4.78, 5) is 0. The van der Waals surface area contributed by atoms with E-state index >= 15 is 0 Å². The predicted octanol–water partition coefficient (Wildman–Crippen LogP) is 2.03. The normalized spacial score (nSPS) is 18.9. The first kappa shape index (κ1) is 7.55. The first-order valence-corrected chi connectivity index (χ1v) is 3.69. The summed E-state index contributed by atoms with van der Waals surface area (Å²) >= 11 is 0. The lowest BCUT2D eigenvalue weighted by molar-refractivity contribution is 0.116. The number of allylic oxidation sites excluding steroid dienone is 3. The third-order valence-corrected chi connectivity index (χ3v) is 1.80. The zero-order chi connectivity index (χ0) is 7.61. The van der Waals surface area contributed by atoms with Crippen LogP contribution in [0.1, 0.15) is 26.7 Å². The number of hydrogen-bond donors (Lipinski definition) is 1. The van der Waals surface area contributed by atoms with E-state index in [0.717, 1.165) is 18.4 Å². The summed E-state index contributed by atoms with van der Waals surface area (Å²) in [7, 11) is 0. The second-order valence-corrected chi connectivity index (χ2v) is 3.22. The van der Waals surface area contributed by atoms with Gasteiger partial charge in [0.05, 0.1) is 5.60 Å². The molecule has 0 fully saturated rings. The molecule has 0 bridgehead atoms. The SMILES string of the molecule is CC(C)(O)C1=CC=CCC1. The Morgan fingerprint density at radius 3 is 2.50 bits per heavy atom. The van der Waals surface area contributed by atoms with Crippen LogP contribution in [-0.4, -0.2) is 10.7 Å². The lowest BCUT2D eigenvalue weighted by Crippen LogP contribution is -2.22. The summed E-state index contributed by atoms with van der Waals surface area (Å²) in [6.07, 6.45) is 8.20. The van der Waals surface area contributed by atoms with E-state index in [1.807, 2.05) is 26.0 Å². The van der Waals surface area contributed by atoms with Crippen molar-refractivity contribution in [3.05, 3.63) is 23.8 Å². The Balaban J connectivity index is 2.72. The summed E-state index contributed by atoms with van der Waals surface area (Å²) in [6, 6.07) is 0. The van der Waals surface area contributed by atoms with Gasteiger partial charge in [-0.25, -0.2) is 0 Å². The summed E-state index contributed by atoms with van der Waals surface area (Å²) in [5.74, 6) is 0. The molecule has 1 nitrogen and oxygen atoms in total. The first-order chi connectivity index (χ1) is 4.61. The molecule has 10 heavy (non-hydrogen) atoms. The Kier molecular flexibility index (Phi) is 1.95. The summed E-state index contributed by atoms with van der Waals surface area (Å²) in [5.41, 5.74) is 0.514. The minimum atomic E-state index is -0.620. The lowest BCUT2D eigenvalue weighted by Gasteiger charge is -2.22. The van der Waals surface area contributed by atoms with E-state index in [0.29, 0.717) is 0 Å². The van der Waals surface area contributed by atoms with Gasteiger partial charge in [0.1, 0.15) is 0 Å². The monoisotopic (exact) mass is 138 g/mol. The average molecular weight is 138 g/mol. The first-order valence-electron chi connectivity index (χ1n) is 3.69. The van der Waals surface area contributed by atoms with Gasteiger partial charge in [0.15, 0.2) is 0 Å². The van der Waals surface area contributed by atoms with Gasteiger partial charge in [-0.2, -0.15) is 0 Å². The summed E-state index contributed by atoms with van der Waals surface area (Å²) in [6.45, 7) is 3.66. The van der Waals surface area contributed by atoms with Crippen LogP contribution in [0.25, 0.3) is 0 Å². The van der Waals surface area contributed by atoms with Crippen molar-refractivity contribution in [3.63, 3.8) is 0 Å². The van der Waals surface area contributed by atoms with Crippen molar-refractivity contribution < 1.29 is 5.11 Å². The fourth-order valence-corrected chi connectivity index (χ4v) is 1.11. The third-order valence-electron chi connectivity index (χ3n) is 1.80. The number of aliphatic hydroxyl groups is 1. The van der Waals surface area contributed by atoms with Crippen molar-refractivity contribution >= 4 is 0 Å². The van der Waals surface area contributed by atoms with Gasteiger partial charge >= 0.3 is 0 Å². The van der Waals surface area contributed by atoms with Crippen LogP contribution in [0.5, 0.6) is 0 Å². The molecule has 1 heteroatoms. The summed E-state index contributed by atoms with van der Waals surface area (Å²) in [5, 5.41) is 9.54. The quantitative estimate of drug-likeness (QED) is 0.588. The highest BCUT2D eigenvalue weighted by atomic mass is 16.3. The smallest absolute Gasteiger partial charge is 0.0803 e. The van der Waals surface area contributed by atoms with Crippen molar-refractivity contribution in [2.75, 3.05) is 0 Å². The van der Waals surface area contributed by atoms with Crippen molar-refractivity contribution in [1.29, 1.82) is 0 Å². The second kappa shape index (κ2) is 2.59. The average Bonchev–Trinajstić information content (AvgIpc) is 1.88. The zero-order valence-corrected chi connectivity index (χ0v) is 6.59. The van der Waals surface area contributed by atoms with Crippen LogP contribution in [0.3, 0.4) is 0 Å².